The summed E-state index contributed by atoms with van der Waals surface area (Å²) in [5.74, 6) is 1.92. The van der Waals surface area contributed by atoms with E-state index in [2.05, 4.69) is 0 Å². The summed E-state index contributed by atoms with van der Waals surface area (Å²) in [5, 5.41) is 0. The molecular weight excluding hydrogens is 229 g/mol. The molecule has 0 heterocycles. The van der Waals surface area contributed by atoms with Crippen LogP contribution in [0.2, 0.25) is 0 Å². The van der Waals surface area contributed by atoms with Crippen LogP contribution in [-0.4, -0.2) is 6.10 Å². The van der Waals surface area contributed by atoms with Gasteiger partial charge in [0, 0.05) is 17.7 Å². The van der Waals surface area contributed by atoms with Gasteiger partial charge in [0.05, 0.1) is 0 Å². The molecule has 0 spiro atoms. The van der Waals surface area contributed by atoms with Crippen molar-refractivity contribution in [3.63, 3.8) is 0 Å². The molecule has 0 saturated heterocycles. The number of halogens is 1. The molecule has 2 aliphatic rings. The number of benzene rings is 1. The largest absolute Gasteiger partial charge is 0.490 e. The average Bonchev–Trinajstić information content (AvgIpc) is 2.90. The monoisotopic (exact) mass is 249 g/mol. The van der Waals surface area contributed by atoms with Crippen LogP contribution in [0.3, 0.4) is 0 Å². The molecule has 2 N–H and O–H groups in total. The van der Waals surface area contributed by atoms with Gasteiger partial charge >= 0.3 is 0 Å². The molecule has 1 aromatic rings. The number of ether oxygens (including phenoxy) is 1. The van der Waals surface area contributed by atoms with E-state index in [1.165, 1.54) is 25.3 Å². The fraction of sp³-hybridized carbons (Fsp3) is 0.600. The van der Waals surface area contributed by atoms with Gasteiger partial charge in [-0.05, 0) is 50.5 Å². The molecule has 0 aromatic heterocycles. The maximum atomic E-state index is 13.8. The summed E-state index contributed by atoms with van der Waals surface area (Å²) in [6, 6.07) is 4.78. The highest BCUT2D eigenvalue weighted by Crippen LogP contribution is 2.46. The van der Waals surface area contributed by atoms with Crippen LogP contribution < -0.4 is 10.5 Å². The molecule has 1 aromatic carbocycles. The lowest BCUT2D eigenvalue weighted by atomic mass is 9.97. The Morgan fingerprint density at radius 3 is 2.72 bits per heavy atom. The Morgan fingerprint density at radius 1 is 1.33 bits per heavy atom. The summed E-state index contributed by atoms with van der Waals surface area (Å²) in [7, 11) is 0. The van der Waals surface area contributed by atoms with E-state index < -0.39 is 0 Å². The summed E-state index contributed by atoms with van der Waals surface area (Å²) >= 11 is 0. The second-order valence-corrected chi connectivity index (χ2v) is 5.80. The summed E-state index contributed by atoms with van der Waals surface area (Å²) in [6.45, 7) is 1.79. The number of fused-ring (bicyclic) bond motifs is 2. The minimum atomic E-state index is -0.276. The van der Waals surface area contributed by atoms with Crippen LogP contribution in [-0.2, 0) is 0 Å². The lowest BCUT2D eigenvalue weighted by Crippen LogP contribution is -2.23. The van der Waals surface area contributed by atoms with Gasteiger partial charge in [0.15, 0.2) is 0 Å². The summed E-state index contributed by atoms with van der Waals surface area (Å²) < 4.78 is 19.7. The van der Waals surface area contributed by atoms with Gasteiger partial charge in [0.25, 0.3) is 0 Å². The van der Waals surface area contributed by atoms with Crippen molar-refractivity contribution in [2.45, 2.75) is 44.8 Å². The molecule has 0 amide bonds. The van der Waals surface area contributed by atoms with E-state index in [1.807, 2.05) is 6.07 Å². The van der Waals surface area contributed by atoms with E-state index >= 15 is 0 Å². The predicted octanol–water partition coefficient (Wildman–Crippen LogP) is 3.41. The molecular formula is C15H20FNO. The van der Waals surface area contributed by atoms with Crippen LogP contribution in [0.15, 0.2) is 18.2 Å². The van der Waals surface area contributed by atoms with Crippen LogP contribution in [0.1, 0.15) is 44.2 Å². The molecule has 2 bridgehead atoms. The second kappa shape index (κ2) is 4.54. The molecule has 18 heavy (non-hydrogen) atoms. The fourth-order valence-corrected chi connectivity index (χ4v) is 3.46. The minimum Gasteiger partial charge on any atom is -0.490 e. The average molecular weight is 249 g/mol. The third-order valence-corrected chi connectivity index (χ3v) is 4.42. The van der Waals surface area contributed by atoms with Crippen LogP contribution in [0.4, 0.5) is 4.39 Å². The topological polar surface area (TPSA) is 35.2 Å². The van der Waals surface area contributed by atoms with Gasteiger partial charge in [0.2, 0.25) is 0 Å². The van der Waals surface area contributed by atoms with E-state index in [0.29, 0.717) is 23.3 Å². The van der Waals surface area contributed by atoms with E-state index in [-0.39, 0.29) is 11.9 Å². The molecule has 98 valence electrons. The second-order valence-electron chi connectivity index (χ2n) is 5.80. The van der Waals surface area contributed by atoms with E-state index in [0.717, 1.165) is 12.3 Å². The predicted molar refractivity (Wildman–Crippen MR) is 68.9 cm³/mol. The van der Waals surface area contributed by atoms with Crippen molar-refractivity contribution in [3.8, 4) is 5.75 Å². The molecule has 2 nitrogen and oxygen atoms in total. The maximum Gasteiger partial charge on any atom is 0.131 e. The Morgan fingerprint density at radius 2 is 2.17 bits per heavy atom. The Balaban J connectivity index is 1.72. The van der Waals surface area contributed by atoms with Crippen molar-refractivity contribution in [1.29, 1.82) is 0 Å². The Kier molecular flexibility index (Phi) is 3.02. The zero-order valence-electron chi connectivity index (χ0n) is 10.7. The molecule has 3 heteroatoms. The SMILES string of the molecule is C[C@@H](N)c1ccc(OC2CC3CCC2C3)cc1F. The molecule has 3 unspecified atom stereocenters. The van der Waals surface area contributed by atoms with E-state index in [4.69, 9.17) is 10.5 Å². The van der Waals surface area contributed by atoms with Gasteiger partial charge in [-0.25, -0.2) is 4.39 Å². The van der Waals surface area contributed by atoms with Crippen LogP contribution >= 0.6 is 0 Å². The van der Waals surface area contributed by atoms with Crippen LogP contribution in [0, 0.1) is 17.7 Å². The van der Waals surface area contributed by atoms with Gasteiger partial charge in [0.1, 0.15) is 17.7 Å². The molecule has 0 radical (unpaired) electrons. The lowest BCUT2D eigenvalue weighted by Gasteiger charge is -2.23. The Hall–Kier alpha value is -1.09. The summed E-state index contributed by atoms with van der Waals surface area (Å²) in [6.07, 6.45) is 5.36. The third kappa shape index (κ3) is 2.12. The van der Waals surface area contributed by atoms with E-state index in [1.54, 1.807) is 13.0 Å². The van der Waals surface area contributed by atoms with Crippen molar-refractivity contribution in [1.82, 2.24) is 0 Å². The Labute approximate surface area is 107 Å². The Bertz CT molecular complexity index is 446. The zero-order chi connectivity index (χ0) is 12.7. The molecule has 2 fully saturated rings. The molecule has 0 aliphatic heterocycles. The lowest BCUT2D eigenvalue weighted by molar-refractivity contribution is 0.138. The maximum absolute atomic E-state index is 13.8. The normalized spacial score (nSPS) is 31.6. The minimum absolute atomic E-state index is 0.259. The molecule has 2 saturated carbocycles. The van der Waals surface area contributed by atoms with Crippen LogP contribution in [0.25, 0.3) is 0 Å². The first-order valence-electron chi connectivity index (χ1n) is 6.85. The molecule has 2 aliphatic carbocycles. The van der Waals surface area contributed by atoms with Crippen molar-refractivity contribution in [3.05, 3.63) is 29.6 Å². The quantitative estimate of drug-likeness (QED) is 0.891. The van der Waals surface area contributed by atoms with Crippen molar-refractivity contribution in [2.75, 3.05) is 0 Å². The number of rotatable bonds is 3. The number of nitrogens with two attached hydrogens (primary N) is 1. The van der Waals surface area contributed by atoms with Crippen molar-refractivity contribution >= 4 is 0 Å². The van der Waals surface area contributed by atoms with Gasteiger partial charge in [-0.1, -0.05) is 6.07 Å². The van der Waals surface area contributed by atoms with Crippen molar-refractivity contribution < 1.29 is 9.13 Å². The first-order chi connectivity index (χ1) is 8.63. The molecule has 4 atom stereocenters. The van der Waals surface area contributed by atoms with Gasteiger partial charge in [-0.15, -0.1) is 0 Å². The number of hydrogen-bond donors (Lipinski definition) is 1. The highest BCUT2D eigenvalue weighted by Gasteiger charge is 2.40. The highest BCUT2D eigenvalue weighted by atomic mass is 19.1. The summed E-state index contributed by atoms with van der Waals surface area (Å²) in [4.78, 5) is 0. The number of hydrogen-bond acceptors (Lipinski definition) is 2. The first-order valence-corrected chi connectivity index (χ1v) is 6.85. The first kappa shape index (κ1) is 12.0. The smallest absolute Gasteiger partial charge is 0.131 e. The summed E-state index contributed by atoms with van der Waals surface area (Å²) in [5.41, 5.74) is 6.25. The standard InChI is InChI=1S/C15H20FNO/c1-9(17)13-5-4-12(8-14(13)16)18-15-7-10-2-3-11(15)6-10/h4-5,8-11,15H,2-3,6-7,17H2,1H3/t9-,10?,11?,15?/m1/s1. The van der Waals surface area contributed by atoms with E-state index in [9.17, 15) is 4.39 Å². The van der Waals surface area contributed by atoms with Gasteiger partial charge in [-0.3, -0.25) is 0 Å². The van der Waals surface area contributed by atoms with Crippen LogP contribution in [0.5, 0.6) is 5.75 Å². The fourth-order valence-electron chi connectivity index (χ4n) is 3.46. The van der Waals surface area contributed by atoms with Crippen molar-refractivity contribution in [2.24, 2.45) is 17.6 Å². The zero-order valence-corrected chi connectivity index (χ0v) is 10.7. The van der Waals surface area contributed by atoms with Gasteiger partial charge in [-0.2, -0.15) is 0 Å². The highest BCUT2D eigenvalue weighted by molar-refractivity contribution is 5.30. The molecule has 3 rings (SSSR count). The van der Waals surface area contributed by atoms with Gasteiger partial charge < -0.3 is 10.5 Å². The third-order valence-electron chi connectivity index (χ3n) is 4.42.